The molecule has 3 rings (SSSR count). The third kappa shape index (κ3) is 5.24. The third-order valence-corrected chi connectivity index (χ3v) is 3.86. The molecular formula is C20H21N5O2. The molecule has 138 valence electrons. The number of rotatable bonds is 7. The minimum Gasteiger partial charge on any atom is -0.497 e. The Balaban J connectivity index is 1.63. The van der Waals surface area contributed by atoms with Crippen LogP contribution in [0.25, 0.3) is 0 Å². The molecule has 0 saturated heterocycles. The van der Waals surface area contributed by atoms with Gasteiger partial charge in [-0.15, -0.1) is 0 Å². The fourth-order valence-corrected chi connectivity index (χ4v) is 2.47. The zero-order valence-electron chi connectivity index (χ0n) is 15.3. The SMILES string of the molecule is COc1ccc(CNc2cc(C(=O)NCc3ccccn3)nc(C)n2)cc1. The Hall–Kier alpha value is -3.48. The van der Waals surface area contributed by atoms with Crippen LogP contribution in [0.3, 0.4) is 0 Å². The summed E-state index contributed by atoms with van der Waals surface area (Å²) in [6, 6.07) is 15.0. The van der Waals surface area contributed by atoms with E-state index in [0.717, 1.165) is 17.0 Å². The average molecular weight is 363 g/mol. The summed E-state index contributed by atoms with van der Waals surface area (Å²) in [7, 11) is 1.64. The quantitative estimate of drug-likeness (QED) is 0.671. The molecule has 0 fully saturated rings. The summed E-state index contributed by atoms with van der Waals surface area (Å²) >= 11 is 0. The maximum atomic E-state index is 12.4. The molecule has 7 nitrogen and oxygen atoms in total. The minimum atomic E-state index is -0.265. The number of amides is 1. The Bertz CT molecular complexity index is 898. The molecule has 0 atom stereocenters. The first-order valence-corrected chi connectivity index (χ1v) is 8.54. The van der Waals surface area contributed by atoms with Crippen LogP contribution in [-0.2, 0) is 13.1 Å². The molecule has 1 aromatic carbocycles. The summed E-state index contributed by atoms with van der Waals surface area (Å²) in [5.41, 5.74) is 2.18. The van der Waals surface area contributed by atoms with Crippen molar-refractivity contribution in [2.45, 2.75) is 20.0 Å². The maximum absolute atomic E-state index is 12.4. The van der Waals surface area contributed by atoms with Crippen molar-refractivity contribution in [1.82, 2.24) is 20.3 Å². The lowest BCUT2D eigenvalue weighted by molar-refractivity contribution is 0.0945. The van der Waals surface area contributed by atoms with Crippen molar-refractivity contribution in [3.05, 3.63) is 77.5 Å². The predicted octanol–water partition coefficient (Wildman–Crippen LogP) is 2.73. The Morgan fingerprint density at radius 2 is 1.89 bits per heavy atom. The zero-order valence-corrected chi connectivity index (χ0v) is 15.3. The van der Waals surface area contributed by atoms with E-state index in [2.05, 4.69) is 25.6 Å². The first-order valence-electron chi connectivity index (χ1n) is 8.54. The van der Waals surface area contributed by atoms with Crippen molar-refractivity contribution >= 4 is 11.7 Å². The van der Waals surface area contributed by atoms with Gasteiger partial charge in [0.15, 0.2) is 0 Å². The molecule has 2 aromatic heterocycles. The molecule has 2 heterocycles. The molecular weight excluding hydrogens is 342 g/mol. The van der Waals surface area contributed by atoms with Crippen LogP contribution in [0.1, 0.15) is 27.6 Å². The molecule has 0 spiro atoms. The van der Waals surface area contributed by atoms with Crippen molar-refractivity contribution in [3.63, 3.8) is 0 Å². The van der Waals surface area contributed by atoms with Crippen molar-refractivity contribution in [2.75, 3.05) is 12.4 Å². The second kappa shape index (κ2) is 8.75. The van der Waals surface area contributed by atoms with Gasteiger partial charge in [-0.3, -0.25) is 9.78 Å². The monoisotopic (exact) mass is 363 g/mol. The Kier molecular flexibility index (Phi) is 5.94. The second-order valence-electron chi connectivity index (χ2n) is 5.89. The van der Waals surface area contributed by atoms with Gasteiger partial charge in [-0.1, -0.05) is 18.2 Å². The Labute approximate surface area is 157 Å². The van der Waals surface area contributed by atoms with Crippen LogP contribution in [-0.4, -0.2) is 28.0 Å². The van der Waals surface area contributed by atoms with E-state index >= 15 is 0 Å². The van der Waals surface area contributed by atoms with Crippen LogP contribution < -0.4 is 15.4 Å². The lowest BCUT2D eigenvalue weighted by atomic mass is 10.2. The molecule has 7 heteroatoms. The number of methoxy groups -OCH3 is 1. The zero-order chi connectivity index (χ0) is 19.1. The van der Waals surface area contributed by atoms with E-state index in [1.54, 1.807) is 26.3 Å². The number of benzene rings is 1. The van der Waals surface area contributed by atoms with Gasteiger partial charge in [-0.05, 0) is 36.8 Å². The fourth-order valence-electron chi connectivity index (χ4n) is 2.47. The topological polar surface area (TPSA) is 89.0 Å². The van der Waals surface area contributed by atoms with Gasteiger partial charge >= 0.3 is 0 Å². The highest BCUT2D eigenvalue weighted by atomic mass is 16.5. The second-order valence-corrected chi connectivity index (χ2v) is 5.89. The molecule has 0 saturated carbocycles. The van der Waals surface area contributed by atoms with Gasteiger partial charge in [0.25, 0.3) is 5.91 Å². The van der Waals surface area contributed by atoms with Gasteiger partial charge in [0.2, 0.25) is 0 Å². The molecule has 0 unspecified atom stereocenters. The van der Waals surface area contributed by atoms with Gasteiger partial charge < -0.3 is 15.4 Å². The fraction of sp³-hybridized carbons (Fsp3) is 0.200. The molecule has 0 radical (unpaired) electrons. The van der Waals surface area contributed by atoms with E-state index in [1.807, 2.05) is 42.5 Å². The van der Waals surface area contributed by atoms with Gasteiger partial charge in [0, 0.05) is 18.8 Å². The van der Waals surface area contributed by atoms with E-state index < -0.39 is 0 Å². The van der Waals surface area contributed by atoms with Crippen molar-refractivity contribution in [1.29, 1.82) is 0 Å². The summed E-state index contributed by atoms with van der Waals surface area (Å²) in [5.74, 6) is 1.67. The number of hydrogen-bond donors (Lipinski definition) is 2. The normalized spacial score (nSPS) is 10.3. The van der Waals surface area contributed by atoms with Gasteiger partial charge in [0.1, 0.15) is 23.1 Å². The number of carbonyl (C=O) groups is 1. The summed E-state index contributed by atoms with van der Waals surface area (Å²) < 4.78 is 5.15. The number of hydrogen-bond acceptors (Lipinski definition) is 6. The summed E-state index contributed by atoms with van der Waals surface area (Å²) in [4.78, 5) is 25.2. The average Bonchev–Trinajstić information content (AvgIpc) is 2.71. The number of anilines is 1. The maximum Gasteiger partial charge on any atom is 0.270 e. The first-order chi connectivity index (χ1) is 13.1. The van der Waals surface area contributed by atoms with Crippen LogP contribution in [0, 0.1) is 6.92 Å². The van der Waals surface area contributed by atoms with E-state index in [1.165, 1.54) is 0 Å². The van der Waals surface area contributed by atoms with Crippen molar-refractivity contribution < 1.29 is 9.53 Å². The molecule has 2 N–H and O–H groups in total. The van der Waals surface area contributed by atoms with E-state index in [-0.39, 0.29) is 5.91 Å². The number of carbonyl (C=O) groups excluding carboxylic acids is 1. The highest BCUT2D eigenvalue weighted by molar-refractivity contribution is 5.92. The third-order valence-electron chi connectivity index (χ3n) is 3.86. The number of nitrogens with zero attached hydrogens (tertiary/aromatic N) is 3. The molecule has 0 aliphatic rings. The Morgan fingerprint density at radius 3 is 2.59 bits per heavy atom. The lowest BCUT2D eigenvalue weighted by Crippen LogP contribution is -2.25. The molecule has 3 aromatic rings. The summed E-state index contributed by atoms with van der Waals surface area (Å²) in [6.45, 7) is 2.68. The van der Waals surface area contributed by atoms with Crippen LogP contribution in [0.5, 0.6) is 5.75 Å². The number of pyridine rings is 1. The summed E-state index contributed by atoms with van der Waals surface area (Å²) in [5, 5.41) is 6.05. The van der Waals surface area contributed by atoms with Crippen LogP contribution >= 0.6 is 0 Å². The summed E-state index contributed by atoms with van der Waals surface area (Å²) in [6.07, 6.45) is 1.69. The van der Waals surface area contributed by atoms with E-state index in [0.29, 0.717) is 30.4 Å². The number of nitrogens with one attached hydrogen (secondary N) is 2. The molecule has 0 aliphatic heterocycles. The smallest absolute Gasteiger partial charge is 0.270 e. The van der Waals surface area contributed by atoms with Crippen LogP contribution in [0.4, 0.5) is 5.82 Å². The number of aromatic nitrogens is 3. The minimum absolute atomic E-state index is 0.265. The highest BCUT2D eigenvalue weighted by Crippen LogP contribution is 2.13. The highest BCUT2D eigenvalue weighted by Gasteiger charge is 2.10. The van der Waals surface area contributed by atoms with Gasteiger partial charge in [0.05, 0.1) is 19.3 Å². The first kappa shape index (κ1) is 18.3. The molecule has 0 bridgehead atoms. The van der Waals surface area contributed by atoms with Crippen LogP contribution in [0.2, 0.25) is 0 Å². The van der Waals surface area contributed by atoms with Crippen LogP contribution in [0.15, 0.2) is 54.7 Å². The van der Waals surface area contributed by atoms with Crippen molar-refractivity contribution in [3.8, 4) is 5.75 Å². The van der Waals surface area contributed by atoms with Gasteiger partial charge in [-0.25, -0.2) is 9.97 Å². The molecule has 0 aliphatic carbocycles. The molecule has 27 heavy (non-hydrogen) atoms. The molecule has 1 amide bonds. The number of aryl methyl sites for hydroxylation is 1. The van der Waals surface area contributed by atoms with Crippen molar-refractivity contribution in [2.24, 2.45) is 0 Å². The van der Waals surface area contributed by atoms with E-state index in [9.17, 15) is 4.79 Å². The van der Waals surface area contributed by atoms with Gasteiger partial charge in [-0.2, -0.15) is 0 Å². The largest absolute Gasteiger partial charge is 0.497 e. The number of ether oxygens (including phenoxy) is 1. The lowest BCUT2D eigenvalue weighted by Gasteiger charge is -2.09. The Morgan fingerprint density at radius 1 is 1.07 bits per heavy atom. The predicted molar refractivity (Wildman–Crippen MR) is 102 cm³/mol. The van der Waals surface area contributed by atoms with E-state index in [4.69, 9.17) is 4.74 Å². The standard InChI is InChI=1S/C20H21N5O2/c1-14-24-18(20(26)23-13-16-5-3-4-10-21-16)11-19(25-14)22-12-15-6-8-17(27-2)9-7-15/h3-11H,12-13H2,1-2H3,(H,23,26)(H,22,24,25).